The zero-order chi connectivity index (χ0) is 19.1. The van der Waals surface area contributed by atoms with E-state index in [1.807, 2.05) is 18.2 Å². The maximum absolute atomic E-state index is 12.8. The predicted octanol–water partition coefficient (Wildman–Crippen LogP) is 2.15. The van der Waals surface area contributed by atoms with Gasteiger partial charge in [0.05, 0.1) is 36.3 Å². The van der Waals surface area contributed by atoms with Crippen LogP contribution in [0.1, 0.15) is 24.9 Å². The fraction of sp³-hybridized carbons (Fsp3) is 0.412. The Morgan fingerprint density at radius 3 is 2.62 bits per heavy atom. The number of nitrogens with one attached hydrogen (secondary N) is 1. The first kappa shape index (κ1) is 18.9. The third-order valence-electron chi connectivity index (χ3n) is 4.72. The molecule has 1 N–H and O–H groups in total. The number of sulfone groups is 1. The fourth-order valence-electron chi connectivity index (χ4n) is 3.49. The number of rotatable bonds is 3. The van der Waals surface area contributed by atoms with Gasteiger partial charge in [-0.3, -0.25) is 4.90 Å². The molecule has 2 aliphatic heterocycles. The summed E-state index contributed by atoms with van der Waals surface area (Å²) in [5.41, 5.74) is 1.44. The molecule has 2 heterocycles. The second-order valence-corrected chi connectivity index (χ2v) is 9.40. The van der Waals surface area contributed by atoms with Gasteiger partial charge in [0, 0.05) is 10.2 Å². The smallest absolute Gasteiger partial charge is 0.337 e. The zero-order valence-corrected chi connectivity index (χ0v) is 16.8. The predicted molar refractivity (Wildman–Crippen MR) is 99.0 cm³/mol. The lowest BCUT2D eigenvalue weighted by Gasteiger charge is -2.38. The summed E-state index contributed by atoms with van der Waals surface area (Å²) in [6.07, 6.45) is 0.348. The number of methoxy groups -OCH3 is 1. The highest BCUT2D eigenvalue weighted by atomic mass is 79.9. The van der Waals surface area contributed by atoms with E-state index in [1.54, 1.807) is 13.0 Å². The summed E-state index contributed by atoms with van der Waals surface area (Å²) < 4.78 is 29.3. The number of carbonyl (C=O) groups excluding carboxylic acids is 2. The van der Waals surface area contributed by atoms with Crippen LogP contribution in [0.3, 0.4) is 0 Å². The highest BCUT2D eigenvalue weighted by Gasteiger charge is 2.42. The monoisotopic (exact) mass is 442 g/mol. The number of hydrogen-bond acceptors (Lipinski definition) is 5. The van der Waals surface area contributed by atoms with Crippen LogP contribution in [0, 0.1) is 0 Å². The van der Waals surface area contributed by atoms with Gasteiger partial charge < -0.3 is 10.1 Å². The van der Waals surface area contributed by atoms with Gasteiger partial charge in [0.25, 0.3) is 0 Å². The van der Waals surface area contributed by atoms with Gasteiger partial charge in [-0.1, -0.05) is 34.1 Å². The molecule has 0 unspecified atom stereocenters. The molecule has 3 rings (SSSR count). The van der Waals surface area contributed by atoms with Crippen molar-refractivity contribution < 1.29 is 22.7 Å². The van der Waals surface area contributed by atoms with E-state index in [4.69, 9.17) is 4.74 Å². The van der Waals surface area contributed by atoms with E-state index in [9.17, 15) is 18.0 Å². The summed E-state index contributed by atoms with van der Waals surface area (Å²) in [5.74, 6) is -0.629. The molecule has 7 nitrogen and oxygen atoms in total. The van der Waals surface area contributed by atoms with Crippen molar-refractivity contribution in [1.29, 1.82) is 0 Å². The standard InChI is InChI=1S/C17H19BrN2O5S/c1-10-14(16(21)25-2)15(12-5-3-4-6-13(12)18)19-17(22)20(10)11-7-8-26(23,24)9-11/h3-6,11,15H,7-9H2,1-2H3,(H,19,22)/t11-,15-/m0/s1. The molecule has 0 saturated carbocycles. The number of urea groups is 1. The average Bonchev–Trinajstić information content (AvgIpc) is 2.93. The minimum absolute atomic E-state index is 0.0376. The summed E-state index contributed by atoms with van der Waals surface area (Å²) in [6, 6.07) is 5.69. The van der Waals surface area contributed by atoms with Crippen molar-refractivity contribution in [3.63, 3.8) is 0 Å². The number of ether oxygens (including phenoxy) is 1. The molecule has 0 aliphatic carbocycles. The minimum atomic E-state index is -3.18. The van der Waals surface area contributed by atoms with E-state index in [0.717, 1.165) is 10.0 Å². The Kier molecular flexibility index (Phi) is 5.12. The Morgan fingerprint density at radius 1 is 1.35 bits per heavy atom. The molecule has 2 amide bonds. The number of allylic oxidation sites excluding steroid dienone is 1. The van der Waals surface area contributed by atoms with E-state index in [1.165, 1.54) is 12.0 Å². The maximum atomic E-state index is 12.8. The van der Waals surface area contributed by atoms with Crippen LogP contribution in [-0.2, 0) is 19.4 Å². The zero-order valence-electron chi connectivity index (χ0n) is 14.4. The number of amides is 2. The lowest BCUT2D eigenvalue weighted by molar-refractivity contribution is -0.136. The Hall–Kier alpha value is -1.87. The number of carbonyl (C=O) groups is 2. The maximum Gasteiger partial charge on any atom is 0.337 e. The first-order valence-corrected chi connectivity index (χ1v) is 10.7. The molecule has 140 valence electrons. The Bertz CT molecular complexity index is 896. The van der Waals surface area contributed by atoms with Crippen LogP contribution in [0.15, 0.2) is 40.0 Å². The second kappa shape index (κ2) is 7.03. The van der Waals surface area contributed by atoms with E-state index in [0.29, 0.717) is 17.7 Å². The van der Waals surface area contributed by atoms with Crippen LogP contribution in [-0.4, -0.2) is 50.0 Å². The van der Waals surface area contributed by atoms with Crippen molar-refractivity contribution in [2.75, 3.05) is 18.6 Å². The molecular formula is C17H19BrN2O5S. The van der Waals surface area contributed by atoms with Crippen molar-refractivity contribution in [3.05, 3.63) is 45.6 Å². The van der Waals surface area contributed by atoms with Crippen LogP contribution in [0.2, 0.25) is 0 Å². The molecule has 0 radical (unpaired) electrons. The first-order chi connectivity index (χ1) is 12.2. The third kappa shape index (κ3) is 3.37. The lowest BCUT2D eigenvalue weighted by Crippen LogP contribution is -2.52. The molecule has 26 heavy (non-hydrogen) atoms. The van der Waals surface area contributed by atoms with Gasteiger partial charge in [-0.15, -0.1) is 0 Å². The van der Waals surface area contributed by atoms with Gasteiger partial charge in [0.1, 0.15) is 0 Å². The average molecular weight is 443 g/mol. The van der Waals surface area contributed by atoms with Gasteiger partial charge >= 0.3 is 12.0 Å². The van der Waals surface area contributed by atoms with Gasteiger partial charge in [-0.25, -0.2) is 18.0 Å². The number of benzene rings is 1. The molecule has 2 aliphatic rings. The minimum Gasteiger partial charge on any atom is -0.466 e. The summed E-state index contributed by atoms with van der Waals surface area (Å²) >= 11 is 3.45. The van der Waals surface area contributed by atoms with Crippen molar-refractivity contribution in [1.82, 2.24) is 10.2 Å². The molecule has 1 saturated heterocycles. The summed E-state index contributed by atoms with van der Waals surface area (Å²) in [6.45, 7) is 1.65. The van der Waals surface area contributed by atoms with E-state index in [2.05, 4.69) is 21.2 Å². The highest BCUT2D eigenvalue weighted by Crippen LogP contribution is 2.36. The van der Waals surface area contributed by atoms with Crippen LogP contribution in [0.5, 0.6) is 0 Å². The third-order valence-corrected chi connectivity index (χ3v) is 7.19. The van der Waals surface area contributed by atoms with Crippen LogP contribution in [0.25, 0.3) is 0 Å². The molecule has 0 spiro atoms. The molecule has 9 heteroatoms. The number of esters is 1. The Balaban J connectivity index is 2.09. The fourth-order valence-corrected chi connectivity index (χ4v) is 5.71. The number of hydrogen-bond donors (Lipinski definition) is 1. The summed E-state index contributed by atoms with van der Waals surface area (Å²) in [7, 11) is -1.90. The number of halogens is 1. The van der Waals surface area contributed by atoms with E-state index < -0.39 is 33.9 Å². The van der Waals surface area contributed by atoms with Crippen LogP contribution >= 0.6 is 15.9 Å². The van der Waals surface area contributed by atoms with E-state index >= 15 is 0 Å². The molecule has 1 aromatic rings. The van der Waals surface area contributed by atoms with Crippen LogP contribution in [0.4, 0.5) is 4.79 Å². The van der Waals surface area contributed by atoms with Crippen LogP contribution < -0.4 is 5.32 Å². The van der Waals surface area contributed by atoms with Gasteiger partial charge in [-0.05, 0) is 25.0 Å². The van der Waals surface area contributed by atoms with Crippen molar-refractivity contribution in [2.24, 2.45) is 0 Å². The van der Waals surface area contributed by atoms with Gasteiger partial charge in [-0.2, -0.15) is 0 Å². The first-order valence-electron chi connectivity index (χ1n) is 8.09. The second-order valence-electron chi connectivity index (χ2n) is 6.32. The topological polar surface area (TPSA) is 92.8 Å². The summed E-state index contributed by atoms with van der Waals surface area (Å²) in [5, 5.41) is 2.83. The SMILES string of the molecule is COC(=O)C1=C(C)N([C@H]2CCS(=O)(=O)C2)C(=O)N[C@H]1c1ccccc1Br. The molecule has 2 atom stereocenters. The largest absolute Gasteiger partial charge is 0.466 e. The summed E-state index contributed by atoms with van der Waals surface area (Å²) in [4.78, 5) is 26.6. The van der Waals surface area contributed by atoms with Crippen molar-refractivity contribution >= 4 is 37.8 Å². The molecule has 0 bridgehead atoms. The van der Waals surface area contributed by atoms with Gasteiger partial charge in [0.2, 0.25) is 0 Å². The Labute approximate surface area is 160 Å². The van der Waals surface area contributed by atoms with Crippen molar-refractivity contribution in [3.8, 4) is 0 Å². The lowest BCUT2D eigenvalue weighted by atomic mass is 9.94. The van der Waals surface area contributed by atoms with Gasteiger partial charge in [0.15, 0.2) is 9.84 Å². The quantitative estimate of drug-likeness (QED) is 0.723. The van der Waals surface area contributed by atoms with Crippen molar-refractivity contribution in [2.45, 2.75) is 25.4 Å². The normalized spacial score (nSPS) is 25.2. The Morgan fingerprint density at radius 2 is 2.04 bits per heavy atom. The molecule has 1 fully saturated rings. The molecular weight excluding hydrogens is 424 g/mol. The highest BCUT2D eigenvalue weighted by molar-refractivity contribution is 9.10. The molecule has 0 aromatic heterocycles. The molecule has 1 aromatic carbocycles. The van der Waals surface area contributed by atoms with E-state index in [-0.39, 0.29) is 11.5 Å². The number of nitrogens with zero attached hydrogens (tertiary/aromatic N) is 1.